The normalized spacial score (nSPS) is 10.9. The van der Waals surface area contributed by atoms with E-state index in [1.54, 1.807) is 36.1 Å². The predicted molar refractivity (Wildman–Crippen MR) is 115 cm³/mol. The first-order valence-electron chi connectivity index (χ1n) is 10.0. The molecule has 2 aromatic heterocycles. The quantitative estimate of drug-likeness (QED) is 0.301. The van der Waals surface area contributed by atoms with Crippen molar-refractivity contribution in [3.8, 4) is 11.4 Å². The molecule has 162 valence electrons. The van der Waals surface area contributed by atoms with Gasteiger partial charge in [-0.3, -0.25) is 5.32 Å². The number of amides is 1. The number of carbonyl (C=O) groups excluding carboxylic acids is 1. The molecule has 3 aromatic rings. The van der Waals surface area contributed by atoms with E-state index >= 15 is 0 Å². The van der Waals surface area contributed by atoms with Crippen LogP contribution >= 0.6 is 0 Å². The number of pyridine rings is 1. The fourth-order valence-electron chi connectivity index (χ4n) is 2.76. The second-order valence-corrected chi connectivity index (χ2v) is 6.70. The summed E-state index contributed by atoms with van der Waals surface area (Å²) in [5.41, 5.74) is 2.27. The van der Waals surface area contributed by atoms with Gasteiger partial charge in [0.2, 0.25) is 0 Å². The Kier molecular flexibility index (Phi) is 8.04. The topological polar surface area (TPSA) is 116 Å². The number of benzene rings is 1. The van der Waals surface area contributed by atoms with Crippen LogP contribution in [0.4, 0.5) is 10.6 Å². The molecule has 0 spiro atoms. The van der Waals surface area contributed by atoms with Gasteiger partial charge in [0, 0.05) is 18.2 Å². The van der Waals surface area contributed by atoms with Crippen LogP contribution in [0.2, 0.25) is 0 Å². The van der Waals surface area contributed by atoms with Crippen molar-refractivity contribution < 1.29 is 14.4 Å². The standard InChI is InChI=1S/C21H25N7O3/c1-3-4-7-13-30-21(29)24-19-12-8-10-17(23-19)15-31-22-14-16-9-5-6-11-18(16)20-25-26-27-28(20)2/h5-6,8-12,14H,3-4,7,13,15H2,1-2H3,(H,23,24,29). The van der Waals surface area contributed by atoms with Gasteiger partial charge in [-0.05, 0) is 29.0 Å². The zero-order valence-corrected chi connectivity index (χ0v) is 17.6. The molecule has 1 N–H and O–H groups in total. The maximum atomic E-state index is 11.8. The lowest BCUT2D eigenvalue weighted by Crippen LogP contribution is -2.15. The number of nitrogens with zero attached hydrogens (tertiary/aromatic N) is 6. The van der Waals surface area contributed by atoms with Crippen molar-refractivity contribution in [2.24, 2.45) is 12.2 Å². The van der Waals surface area contributed by atoms with E-state index in [-0.39, 0.29) is 6.61 Å². The summed E-state index contributed by atoms with van der Waals surface area (Å²) in [4.78, 5) is 21.5. The molecule has 0 aliphatic heterocycles. The predicted octanol–water partition coefficient (Wildman–Crippen LogP) is 3.56. The Balaban J connectivity index is 1.54. The van der Waals surface area contributed by atoms with Gasteiger partial charge in [-0.2, -0.15) is 0 Å². The minimum Gasteiger partial charge on any atom is -0.449 e. The number of carbonyl (C=O) groups is 1. The van der Waals surface area contributed by atoms with E-state index in [1.165, 1.54) is 0 Å². The third-order valence-electron chi connectivity index (χ3n) is 4.32. The van der Waals surface area contributed by atoms with Gasteiger partial charge < -0.3 is 9.57 Å². The lowest BCUT2D eigenvalue weighted by Gasteiger charge is -2.07. The van der Waals surface area contributed by atoms with Crippen molar-refractivity contribution >= 4 is 18.1 Å². The highest BCUT2D eigenvalue weighted by Gasteiger charge is 2.09. The van der Waals surface area contributed by atoms with Crippen molar-refractivity contribution in [3.05, 3.63) is 53.7 Å². The third kappa shape index (κ3) is 6.59. The molecule has 1 amide bonds. The molecule has 0 atom stereocenters. The Hall–Kier alpha value is -3.82. The Labute approximate surface area is 180 Å². The van der Waals surface area contributed by atoms with Crippen molar-refractivity contribution in [3.63, 3.8) is 0 Å². The number of rotatable bonds is 10. The first kappa shape index (κ1) is 21.9. The van der Waals surface area contributed by atoms with Gasteiger partial charge >= 0.3 is 6.09 Å². The number of tetrazole rings is 1. The molecule has 0 aliphatic carbocycles. The molecule has 0 radical (unpaired) electrons. The average molecular weight is 423 g/mol. The fraction of sp³-hybridized carbons (Fsp3) is 0.333. The second kappa shape index (κ2) is 11.4. The van der Waals surface area contributed by atoms with Crippen molar-refractivity contribution in [1.29, 1.82) is 0 Å². The number of unbranched alkanes of at least 4 members (excludes halogenated alkanes) is 2. The third-order valence-corrected chi connectivity index (χ3v) is 4.32. The molecule has 0 bridgehead atoms. The van der Waals surface area contributed by atoms with E-state index < -0.39 is 6.09 Å². The van der Waals surface area contributed by atoms with Crippen LogP contribution in [0.25, 0.3) is 11.4 Å². The number of hydrogen-bond donors (Lipinski definition) is 1. The van der Waals surface area contributed by atoms with Crippen LogP contribution < -0.4 is 5.32 Å². The SMILES string of the molecule is CCCCCOC(=O)Nc1cccc(CON=Cc2ccccc2-c2nnnn2C)n1. The van der Waals surface area contributed by atoms with Crippen LogP contribution in [0.1, 0.15) is 37.4 Å². The van der Waals surface area contributed by atoms with Gasteiger partial charge in [-0.25, -0.2) is 14.5 Å². The van der Waals surface area contributed by atoms with E-state index in [2.05, 4.69) is 37.9 Å². The maximum Gasteiger partial charge on any atom is 0.412 e. The smallest absolute Gasteiger partial charge is 0.412 e. The van der Waals surface area contributed by atoms with E-state index in [4.69, 9.17) is 9.57 Å². The minimum absolute atomic E-state index is 0.144. The largest absolute Gasteiger partial charge is 0.449 e. The first-order chi connectivity index (χ1) is 15.2. The molecule has 3 rings (SSSR count). The lowest BCUT2D eigenvalue weighted by molar-refractivity contribution is 0.129. The number of hydrogen-bond acceptors (Lipinski definition) is 8. The molecule has 31 heavy (non-hydrogen) atoms. The molecule has 2 heterocycles. The number of aryl methyl sites for hydroxylation is 1. The van der Waals surface area contributed by atoms with Gasteiger partial charge in [0.25, 0.3) is 0 Å². The molecular formula is C21H25N7O3. The highest BCUT2D eigenvalue weighted by atomic mass is 16.6. The number of aromatic nitrogens is 5. The minimum atomic E-state index is -0.519. The van der Waals surface area contributed by atoms with Gasteiger partial charge in [0.1, 0.15) is 5.82 Å². The number of ether oxygens (including phenoxy) is 1. The number of anilines is 1. The molecule has 0 fully saturated rings. The van der Waals surface area contributed by atoms with E-state index in [0.717, 1.165) is 30.4 Å². The summed E-state index contributed by atoms with van der Waals surface area (Å²) in [5, 5.41) is 18.2. The summed E-state index contributed by atoms with van der Waals surface area (Å²) in [5.74, 6) is 1.02. The van der Waals surface area contributed by atoms with Gasteiger partial charge in [0.15, 0.2) is 12.4 Å². The van der Waals surface area contributed by atoms with Crippen LogP contribution in [0, 0.1) is 0 Å². The monoisotopic (exact) mass is 423 g/mol. The lowest BCUT2D eigenvalue weighted by atomic mass is 10.1. The number of oxime groups is 1. The highest BCUT2D eigenvalue weighted by Crippen LogP contribution is 2.18. The van der Waals surface area contributed by atoms with Crippen LogP contribution in [-0.4, -0.2) is 44.1 Å². The first-order valence-corrected chi connectivity index (χ1v) is 10.0. The Morgan fingerprint density at radius 1 is 1.19 bits per heavy atom. The Morgan fingerprint density at radius 2 is 2.06 bits per heavy atom. The zero-order valence-electron chi connectivity index (χ0n) is 17.6. The van der Waals surface area contributed by atoms with E-state index in [9.17, 15) is 4.79 Å². The molecule has 0 unspecified atom stereocenters. The van der Waals surface area contributed by atoms with Gasteiger partial charge in [-0.15, -0.1) is 5.10 Å². The highest BCUT2D eigenvalue weighted by molar-refractivity contribution is 5.88. The Morgan fingerprint density at radius 3 is 2.87 bits per heavy atom. The Bertz CT molecular complexity index is 1020. The van der Waals surface area contributed by atoms with Crippen LogP contribution in [-0.2, 0) is 23.2 Å². The summed E-state index contributed by atoms with van der Waals surface area (Å²) in [6.45, 7) is 2.63. The van der Waals surface area contributed by atoms with Crippen molar-refractivity contribution in [1.82, 2.24) is 25.2 Å². The second-order valence-electron chi connectivity index (χ2n) is 6.70. The molecule has 0 saturated heterocycles. The summed E-state index contributed by atoms with van der Waals surface area (Å²) in [6, 6.07) is 12.8. The molecule has 10 nitrogen and oxygen atoms in total. The van der Waals surface area contributed by atoms with Crippen LogP contribution in [0.15, 0.2) is 47.6 Å². The van der Waals surface area contributed by atoms with Crippen molar-refractivity contribution in [2.45, 2.75) is 32.8 Å². The zero-order chi connectivity index (χ0) is 21.9. The van der Waals surface area contributed by atoms with Crippen molar-refractivity contribution in [2.75, 3.05) is 11.9 Å². The van der Waals surface area contributed by atoms with Crippen LogP contribution in [0.5, 0.6) is 0 Å². The number of nitrogens with one attached hydrogen (secondary N) is 1. The average Bonchev–Trinajstić information content (AvgIpc) is 3.20. The molecular weight excluding hydrogens is 398 g/mol. The summed E-state index contributed by atoms with van der Waals surface area (Å²) >= 11 is 0. The molecule has 10 heteroatoms. The van der Waals surface area contributed by atoms with Crippen LogP contribution in [0.3, 0.4) is 0 Å². The summed E-state index contributed by atoms with van der Waals surface area (Å²) in [7, 11) is 1.77. The van der Waals surface area contributed by atoms with E-state index in [0.29, 0.717) is 23.9 Å². The summed E-state index contributed by atoms with van der Waals surface area (Å²) in [6.07, 6.45) is 4.02. The maximum absolute atomic E-state index is 11.8. The molecule has 1 aromatic carbocycles. The van der Waals surface area contributed by atoms with Gasteiger partial charge in [-0.1, -0.05) is 55.3 Å². The van der Waals surface area contributed by atoms with E-state index in [1.807, 2.05) is 24.3 Å². The van der Waals surface area contributed by atoms with Gasteiger partial charge in [0.05, 0.1) is 18.5 Å². The summed E-state index contributed by atoms with van der Waals surface area (Å²) < 4.78 is 6.71. The fourth-order valence-corrected chi connectivity index (χ4v) is 2.76. The molecule has 0 aliphatic rings. The molecule has 0 saturated carbocycles.